The van der Waals surface area contributed by atoms with Gasteiger partial charge in [-0.1, -0.05) is 6.07 Å². The molecule has 0 saturated heterocycles. The molecular weight excluding hydrogens is 332 g/mol. The Balaban J connectivity index is 1.69. The van der Waals surface area contributed by atoms with Gasteiger partial charge in [0.15, 0.2) is 12.7 Å². The zero-order valence-electron chi connectivity index (χ0n) is 15.3. The highest BCUT2D eigenvalue weighted by molar-refractivity contribution is 5.99. The zero-order valence-corrected chi connectivity index (χ0v) is 15.3. The van der Waals surface area contributed by atoms with Crippen molar-refractivity contribution < 1.29 is 19.1 Å². The van der Waals surface area contributed by atoms with E-state index in [4.69, 9.17) is 9.47 Å². The molecule has 0 spiro atoms. The molecular formula is C20H22N2O4. The minimum Gasteiger partial charge on any atom is -0.482 e. The topological polar surface area (TPSA) is 67.9 Å². The van der Waals surface area contributed by atoms with Gasteiger partial charge in [0.25, 0.3) is 11.8 Å². The van der Waals surface area contributed by atoms with E-state index in [2.05, 4.69) is 5.32 Å². The number of benzene rings is 2. The van der Waals surface area contributed by atoms with Crippen LogP contribution in [-0.2, 0) is 9.59 Å². The van der Waals surface area contributed by atoms with Crippen LogP contribution in [0.3, 0.4) is 0 Å². The summed E-state index contributed by atoms with van der Waals surface area (Å²) >= 11 is 0. The number of carbonyl (C=O) groups excluding carboxylic acids is 2. The van der Waals surface area contributed by atoms with Crippen LogP contribution in [0.25, 0.3) is 0 Å². The van der Waals surface area contributed by atoms with E-state index in [0.29, 0.717) is 22.9 Å². The molecule has 0 fully saturated rings. The van der Waals surface area contributed by atoms with Gasteiger partial charge in [0.1, 0.15) is 11.5 Å². The van der Waals surface area contributed by atoms with E-state index in [1.165, 1.54) is 10.5 Å². The van der Waals surface area contributed by atoms with Gasteiger partial charge in [-0.25, -0.2) is 0 Å². The van der Waals surface area contributed by atoms with E-state index in [0.717, 1.165) is 5.56 Å². The van der Waals surface area contributed by atoms with Gasteiger partial charge in [0.05, 0.1) is 5.69 Å². The van der Waals surface area contributed by atoms with E-state index in [9.17, 15) is 9.59 Å². The van der Waals surface area contributed by atoms with Crippen molar-refractivity contribution in [3.8, 4) is 11.5 Å². The van der Waals surface area contributed by atoms with E-state index < -0.39 is 6.10 Å². The van der Waals surface area contributed by atoms with Gasteiger partial charge >= 0.3 is 0 Å². The van der Waals surface area contributed by atoms with Crippen LogP contribution < -0.4 is 19.7 Å². The number of hydrogen-bond donors (Lipinski definition) is 1. The molecule has 3 rings (SSSR count). The van der Waals surface area contributed by atoms with Crippen molar-refractivity contribution in [1.82, 2.24) is 0 Å². The molecule has 2 aromatic carbocycles. The lowest BCUT2D eigenvalue weighted by atomic mass is 10.1. The first-order chi connectivity index (χ1) is 12.3. The first-order valence-electron chi connectivity index (χ1n) is 8.43. The Morgan fingerprint density at radius 3 is 2.69 bits per heavy atom. The van der Waals surface area contributed by atoms with Gasteiger partial charge in [0.2, 0.25) is 0 Å². The molecule has 1 aliphatic rings. The summed E-state index contributed by atoms with van der Waals surface area (Å²) < 4.78 is 11.1. The smallest absolute Gasteiger partial charge is 0.265 e. The average Bonchev–Trinajstić information content (AvgIpc) is 2.61. The second-order valence-electron chi connectivity index (χ2n) is 6.42. The van der Waals surface area contributed by atoms with Gasteiger partial charge in [-0.2, -0.15) is 0 Å². The number of likely N-dealkylation sites (N-methyl/N-ethyl adjacent to an activating group) is 1. The zero-order chi connectivity index (χ0) is 18.8. The van der Waals surface area contributed by atoms with Gasteiger partial charge in [-0.15, -0.1) is 0 Å². The molecule has 1 aliphatic heterocycles. The predicted octanol–water partition coefficient (Wildman–Crippen LogP) is 3.06. The lowest BCUT2D eigenvalue weighted by molar-refractivity contribution is -0.122. The molecule has 0 radical (unpaired) electrons. The Hall–Kier alpha value is -3.02. The van der Waals surface area contributed by atoms with Crippen LogP contribution in [0.2, 0.25) is 0 Å². The van der Waals surface area contributed by atoms with Crippen molar-refractivity contribution in [2.45, 2.75) is 26.9 Å². The molecule has 136 valence electrons. The van der Waals surface area contributed by atoms with Crippen molar-refractivity contribution in [3.05, 3.63) is 47.5 Å². The minimum absolute atomic E-state index is 0.0239. The predicted molar refractivity (Wildman–Crippen MR) is 100.0 cm³/mol. The van der Waals surface area contributed by atoms with Crippen LogP contribution in [0.1, 0.15) is 18.1 Å². The minimum atomic E-state index is -0.663. The van der Waals surface area contributed by atoms with Gasteiger partial charge in [0, 0.05) is 12.7 Å². The molecule has 0 saturated carbocycles. The van der Waals surface area contributed by atoms with Gasteiger partial charge in [-0.3, -0.25) is 9.59 Å². The molecule has 2 aromatic rings. The number of nitrogens with zero attached hydrogens (tertiary/aromatic N) is 1. The summed E-state index contributed by atoms with van der Waals surface area (Å²) in [4.78, 5) is 25.7. The summed E-state index contributed by atoms with van der Waals surface area (Å²) in [6.07, 6.45) is -0.663. The third-order valence-electron chi connectivity index (χ3n) is 4.47. The van der Waals surface area contributed by atoms with Crippen LogP contribution in [0, 0.1) is 13.8 Å². The molecule has 1 atom stereocenters. The van der Waals surface area contributed by atoms with E-state index in [1.807, 2.05) is 32.0 Å². The van der Waals surface area contributed by atoms with Crippen molar-refractivity contribution in [3.63, 3.8) is 0 Å². The highest BCUT2D eigenvalue weighted by Gasteiger charge is 2.23. The average molecular weight is 354 g/mol. The number of anilines is 2. The fourth-order valence-corrected chi connectivity index (χ4v) is 2.64. The molecule has 6 nitrogen and oxygen atoms in total. The second kappa shape index (κ2) is 7.07. The summed E-state index contributed by atoms with van der Waals surface area (Å²) in [6, 6.07) is 10.9. The summed E-state index contributed by atoms with van der Waals surface area (Å²) in [5, 5.41) is 2.82. The lowest BCUT2D eigenvalue weighted by Crippen LogP contribution is -2.35. The third-order valence-corrected chi connectivity index (χ3v) is 4.47. The Morgan fingerprint density at radius 2 is 1.96 bits per heavy atom. The number of amides is 2. The van der Waals surface area contributed by atoms with Crippen molar-refractivity contribution >= 4 is 23.2 Å². The van der Waals surface area contributed by atoms with Crippen LogP contribution in [0.15, 0.2) is 36.4 Å². The monoisotopic (exact) mass is 354 g/mol. The molecule has 0 aliphatic carbocycles. The number of aryl methyl sites for hydroxylation is 2. The van der Waals surface area contributed by atoms with E-state index in [-0.39, 0.29) is 18.4 Å². The Kier molecular flexibility index (Phi) is 4.84. The van der Waals surface area contributed by atoms with E-state index in [1.54, 1.807) is 32.2 Å². The summed E-state index contributed by atoms with van der Waals surface area (Å²) in [6.45, 7) is 5.74. The molecule has 0 unspecified atom stereocenters. The fraction of sp³-hybridized carbons (Fsp3) is 0.300. The largest absolute Gasteiger partial charge is 0.482 e. The summed E-state index contributed by atoms with van der Waals surface area (Å²) in [5.41, 5.74) is 3.48. The molecule has 1 N–H and O–H groups in total. The molecule has 26 heavy (non-hydrogen) atoms. The molecule has 1 heterocycles. The fourth-order valence-electron chi connectivity index (χ4n) is 2.64. The SMILES string of the molecule is Cc1ccc(O[C@H](C)C(=O)Nc2ccc3c(c2)N(C)C(=O)CO3)cc1C. The number of rotatable bonds is 4. The normalized spacial score (nSPS) is 14.3. The van der Waals surface area contributed by atoms with Crippen LogP contribution in [-0.4, -0.2) is 31.6 Å². The van der Waals surface area contributed by atoms with Crippen LogP contribution in [0.4, 0.5) is 11.4 Å². The number of nitrogens with one attached hydrogen (secondary N) is 1. The van der Waals surface area contributed by atoms with E-state index >= 15 is 0 Å². The summed E-state index contributed by atoms with van der Waals surface area (Å²) in [7, 11) is 1.68. The molecule has 0 aromatic heterocycles. The first-order valence-corrected chi connectivity index (χ1v) is 8.43. The first kappa shape index (κ1) is 17.8. The Morgan fingerprint density at radius 1 is 1.19 bits per heavy atom. The highest BCUT2D eigenvalue weighted by Crippen LogP contribution is 2.33. The second-order valence-corrected chi connectivity index (χ2v) is 6.42. The van der Waals surface area contributed by atoms with Crippen molar-refractivity contribution in [2.75, 3.05) is 23.9 Å². The van der Waals surface area contributed by atoms with Crippen molar-refractivity contribution in [1.29, 1.82) is 0 Å². The van der Waals surface area contributed by atoms with Gasteiger partial charge < -0.3 is 19.7 Å². The maximum atomic E-state index is 12.4. The number of carbonyl (C=O) groups is 2. The number of ether oxygens (including phenoxy) is 2. The number of fused-ring (bicyclic) bond motifs is 1. The standard InChI is InChI=1S/C20H22N2O4/c1-12-5-7-16(9-13(12)2)26-14(3)20(24)21-15-6-8-18-17(10-15)22(4)19(23)11-25-18/h5-10,14H,11H2,1-4H3,(H,21,24)/t14-/m1/s1. The highest BCUT2D eigenvalue weighted by atomic mass is 16.5. The maximum absolute atomic E-state index is 12.4. The molecule has 0 bridgehead atoms. The third kappa shape index (κ3) is 3.64. The quantitative estimate of drug-likeness (QED) is 0.916. The molecule has 2 amide bonds. The molecule has 6 heteroatoms. The van der Waals surface area contributed by atoms with Crippen LogP contribution in [0.5, 0.6) is 11.5 Å². The lowest BCUT2D eigenvalue weighted by Gasteiger charge is -2.26. The van der Waals surface area contributed by atoms with Crippen LogP contribution >= 0.6 is 0 Å². The Labute approximate surface area is 152 Å². The van der Waals surface area contributed by atoms with Crippen molar-refractivity contribution in [2.24, 2.45) is 0 Å². The summed E-state index contributed by atoms with van der Waals surface area (Å²) in [5.74, 6) is 0.866. The number of hydrogen-bond acceptors (Lipinski definition) is 4. The Bertz CT molecular complexity index is 863. The van der Waals surface area contributed by atoms with Gasteiger partial charge in [-0.05, 0) is 62.2 Å². The maximum Gasteiger partial charge on any atom is 0.265 e.